The first-order valence-electron chi connectivity index (χ1n) is 6.19. The Morgan fingerprint density at radius 3 is 2.30 bits per heavy atom. The number of benzene rings is 1. The lowest BCUT2D eigenvalue weighted by Crippen LogP contribution is -2.39. The molecule has 5 nitrogen and oxygen atoms in total. The number of nitrogens with one attached hydrogen (secondary N) is 1. The highest BCUT2D eigenvalue weighted by Crippen LogP contribution is 2.39. The first-order chi connectivity index (χ1) is 9.56. The van der Waals surface area contributed by atoms with Crippen molar-refractivity contribution < 1.29 is 19.4 Å². The molecule has 2 aliphatic heterocycles. The number of aliphatic carboxylic acids is 1. The summed E-state index contributed by atoms with van der Waals surface area (Å²) >= 11 is 5.77. The van der Waals surface area contributed by atoms with Crippen LogP contribution in [0.15, 0.2) is 36.4 Å². The summed E-state index contributed by atoms with van der Waals surface area (Å²) in [4.78, 5) is 23.6. The van der Waals surface area contributed by atoms with Gasteiger partial charge in [0.05, 0.1) is 18.1 Å². The molecule has 2 heterocycles. The number of anilines is 1. The molecular weight excluding hydrogens is 282 g/mol. The molecule has 4 atom stereocenters. The fourth-order valence-electron chi connectivity index (χ4n) is 2.67. The van der Waals surface area contributed by atoms with Crippen LogP contribution in [0, 0.1) is 11.8 Å². The van der Waals surface area contributed by atoms with Crippen LogP contribution in [-0.2, 0) is 14.3 Å². The largest absolute Gasteiger partial charge is 0.481 e. The molecule has 3 rings (SSSR count). The lowest BCUT2D eigenvalue weighted by Gasteiger charge is -2.20. The minimum absolute atomic E-state index is 0.350. The summed E-state index contributed by atoms with van der Waals surface area (Å²) in [6, 6.07) is 6.64. The van der Waals surface area contributed by atoms with E-state index in [0.717, 1.165) is 0 Å². The third kappa shape index (κ3) is 2.19. The maximum absolute atomic E-state index is 12.3. The minimum Gasteiger partial charge on any atom is -0.481 e. The third-order valence-electron chi connectivity index (χ3n) is 3.60. The predicted molar refractivity (Wildman–Crippen MR) is 72.5 cm³/mol. The van der Waals surface area contributed by atoms with Gasteiger partial charge in [0.15, 0.2) is 0 Å². The van der Waals surface area contributed by atoms with Crippen molar-refractivity contribution in [1.82, 2.24) is 0 Å². The summed E-state index contributed by atoms with van der Waals surface area (Å²) in [5.74, 6) is -2.91. The number of halogens is 1. The second-order valence-electron chi connectivity index (χ2n) is 4.84. The molecule has 0 aliphatic carbocycles. The van der Waals surface area contributed by atoms with Crippen LogP contribution in [0.5, 0.6) is 0 Å². The highest BCUT2D eigenvalue weighted by Gasteiger charge is 2.53. The van der Waals surface area contributed by atoms with Gasteiger partial charge in [-0.1, -0.05) is 23.8 Å². The van der Waals surface area contributed by atoms with Crippen LogP contribution in [0.1, 0.15) is 0 Å². The summed E-state index contributed by atoms with van der Waals surface area (Å²) < 4.78 is 5.46. The molecular formula is C14H12ClNO4. The number of ether oxygens (including phenoxy) is 1. The maximum atomic E-state index is 12.3. The predicted octanol–water partition coefficient (Wildman–Crippen LogP) is 1.93. The molecule has 2 bridgehead atoms. The Hall–Kier alpha value is -1.85. The number of fused-ring (bicyclic) bond motifs is 2. The van der Waals surface area contributed by atoms with E-state index in [1.54, 1.807) is 36.4 Å². The smallest absolute Gasteiger partial charge is 0.310 e. The zero-order chi connectivity index (χ0) is 14.3. The number of hydrogen-bond donors (Lipinski definition) is 2. The number of hydrogen-bond acceptors (Lipinski definition) is 3. The molecule has 1 aromatic rings. The van der Waals surface area contributed by atoms with E-state index in [-0.39, 0.29) is 5.91 Å². The van der Waals surface area contributed by atoms with E-state index in [0.29, 0.717) is 10.7 Å². The van der Waals surface area contributed by atoms with Gasteiger partial charge in [0, 0.05) is 10.7 Å². The topological polar surface area (TPSA) is 75.6 Å². The van der Waals surface area contributed by atoms with E-state index in [1.807, 2.05) is 0 Å². The van der Waals surface area contributed by atoms with Crippen molar-refractivity contribution in [3.05, 3.63) is 41.4 Å². The van der Waals surface area contributed by atoms with Crippen molar-refractivity contribution in [1.29, 1.82) is 0 Å². The minimum atomic E-state index is -1.02. The van der Waals surface area contributed by atoms with E-state index in [9.17, 15) is 14.7 Å². The molecule has 104 valence electrons. The molecule has 1 saturated heterocycles. The van der Waals surface area contributed by atoms with Gasteiger partial charge in [-0.2, -0.15) is 0 Å². The van der Waals surface area contributed by atoms with Crippen LogP contribution in [-0.4, -0.2) is 29.2 Å². The second kappa shape index (κ2) is 4.92. The average molecular weight is 294 g/mol. The SMILES string of the molecule is O=C(O)[C@@H]1[C@H](C(=O)Nc2ccc(Cl)cc2)[C@H]2C=C[C@H]1O2. The molecule has 6 heteroatoms. The fraction of sp³-hybridized carbons (Fsp3) is 0.286. The number of carbonyl (C=O) groups excluding carboxylic acids is 1. The molecule has 1 fully saturated rings. The molecule has 0 unspecified atom stereocenters. The van der Waals surface area contributed by atoms with Gasteiger partial charge in [0.25, 0.3) is 0 Å². The van der Waals surface area contributed by atoms with Crippen molar-refractivity contribution >= 4 is 29.2 Å². The summed E-state index contributed by atoms with van der Waals surface area (Å²) in [5.41, 5.74) is 0.579. The number of carboxylic acid groups (broad SMARTS) is 1. The standard InChI is InChI=1S/C14H12ClNO4/c15-7-1-3-8(4-2-7)16-13(17)11-9-5-6-10(20-9)12(11)14(18)19/h1-6,9-12H,(H,16,17)(H,18,19)/t9-,10-,11-,12+/m1/s1. The quantitative estimate of drug-likeness (QED) is 0.835. The van der Waals surface area contributed by atoms with Crippen molar-refractivity contribution in [3.8, 4) is 0 Å². The normalized spacial score (nSPS) is 30.4. The zero-order valence-electron chi connectivity index (χ0n) is 10.3. The molecule has 2 aliphatic rings. The maximum Gasteiger partial charge on any atom is 0.310 e. The highest BCUT2D eigenvalue weighted by atomic mass is 35.5. The summed E-state index contributed by atoms with van der Waals surface area (Å²) in [6.07, 6.45) is 2.47. The molecule has 0 saturated carbocycles. The Morgan fingerprint density at radius 2 is 1.70 bits per heavy atom. The Morgan fingerprint density at radius 1 is 1.10 bits per heavy atom. The van der Waals surface area contributed by atoms with Crippen LogP contribution >= 0.6 is 11.6 Å². The van der Waals surface area contributed by atoms with Gasteiger partial charge >= 0.3 is 5.97 Å². The van der Waals surface area contributed by atoms with Crippen LogP contribution in [0.25, 0.3) is 0 Å². The van der Waals surface area contributed by atoms with Crippen molar-refractivity contribution in [3.63, 3.8) is 0 Å². The second-order valence-corrected chi connectivity index (χ2v) is 5.27. The van der Waals surface area contributed by atoms with Crippen LogP contribution in [0.3, 0.4) is 0 Å². The number of amides is 1. The third-order valence-corrected chi connectivity index (χ3v) is 3.85. The Bertz CT molecular complexity index is 583. The zero-order valence-corrected chi connectivity index (χ0v) is 11.1. The van der Waals surface area contributed by atoms with E-state index in [1.165, 1.54) is 0 Å². The molecule has 1 aromatic carbocycles. The first kappa shape index (κ1) is 13.1. The van der Waals surface area contributed by atoms with E-state index < -0.39 is 30.0 Å². The summed E-state index contributed by atoms with van der Waals surface area (Å²) in [5, 5.41) is 12.5. The van der Waals surface area contributed by atoms with Gasteiger partial charge in [0.2, 0.25) is 5.91 Å². The lowest BCUT2D eigenvalue weighted by atomic mass is 9.82. The van der Waals surface area contributed by atoms with Crippen molar-refractivity contribution in [2.45, 2.75) is 12.2 Å². The Labute approximate surface area is 120 Å². The molecule has 0 radical (unpaired) electrons. The average Bonchev–Trinajstić information content (AvgIpc) is 3.01. The Kier molecular flexibility index (Phi) is 3.23. The summed E-state index contributed by atoms with van der Waals surface area (Å²) in [6.45, 7) is 0. The van der Waals surface area contributed by atoms with E-state index >= 15 is 0 Å². The van der Waals surface area contributed by atoms with Crippen molar-refractivity contribution in [2.24, 2.45) is 11.8 Å². The first-order valence-corrected chi connectivity index (χ1v) is 6.57. The van der Waals surface area contributed by atoms with Gasteiger partial charge in [-0.3, -0.25) is 9.59 Å². The van der Waals surface area contributed by atoms with Gasteiger partial charge in [0.1, 0.15) is 5.92 Å². The van der Waals surface area contributed by atoms with Crippen LogP contribution in [0.2, 0.25) is 5.02 Å². The van der Waals surface area contributed by atoms with Crippen LogP contribution < -0.4 is 5.32 Å². The number of carboxylic acids is 1. The monoisotopic (exact) mass is 293 g/mol. The lowest BCUT2D eigenvalue weighted by molar-refractivity contribution is -0.145. The molecule has 2 N–H and O–H groups in total. The van der Waals surface area contributed by atoms with Crippen LogP contribution in [0.4, 0.5) is 5.69 Å². The number of carbonyl (C=O) groups is 2. The fourth-order valence-corrected chi connectivity index (χ4v) is 2.80. The molecule has 20 heavy (non-hydrogen) atoms. The molecule has 1 amide bonds. The van der Waals surface area contributed by atoms with Crippen molar-refractivity contribution in [2.75, 3.05) is 5.32 Å². The number of rotatable bonds is 3. The highest BCUT2D eigenvalue weighted by molar-refractivity contribution is 6.30. The van der Waals surface area contributed by atoms with Gasteiger partial charge in [-0.05, 0) is 24.3 Å². The molecule has 0 aromatic heterocycles. The van der Waals surface area contributed by atoms with Gasteiger partial charge in [-0.25, -0.2) is 0 Å². The Balaban J connectivity index is 1.78. The van der Waals surface area contributed by atoms with E-state index in [2.05, 4.69) is 5.32 Å². The van der Waals surface area contributed by atoms with Gasteiger partial charge in [-0.15, -0.1) is 0 Å². The molecule has 0 spiro atoms. The summed E-state index contributed by atoms with van der Waals surface area (Å²) in [7, 11) is 0. The van der Waals surface area contributed by atoms with Gasteiger partial charge < -0.3 is 15.2 Å². The van der Waals surface area contributed by atoms with E-state index in [4.69, 9.17) is 16.3 Å².